The van der Waals surface area contributed by atoms with E-state index in [1.165, 1.54) is 11.3 Å². The number of esters is 1. The van der Waals surface area contributed by atoms with Crippen molar-refractivity contribution in [3.05, 3.63) is 21.1 Å². The fraction of sp³-hybridized carbons (Fsp3) is 0.222. The molecule has 0 radical (unpaired) electrons. The monoisotopic (exact) mass is 263 g/mol. The summed E-state index contributed by atoms with van der Waals surface area (Å²) in [5, 5.41) is 1.13. The Morgan fingerprint density at radius 1 is 1.60 bits per heavy atom. The highest BCUT2D eigenvalue weighted by Gasteiger charge is 2.18. The molecule has 80 valence electrons. The number of ether oxygens (including phenoxy) is 1. The summed E-state index contributed by atoms with van der Waals surface area (Å²) in [4.78, 5) is 15.1. The van der Waals surface area contributed by atoms with Crippen LogP contribution in [0.5, 0.6) is 0 Å². The summed E-state index contributed by atoms with van der Waals surface area (Å²) in [6.07, 6.45) is 0. The number of aromatic amines is 1. The van der Waals surface area contributed by atoms with Crippen molar-refractivity contribution < 1.29 is 9.53 Å². The molecule has 0 unspecified atom stereocenters. The number of halogens is 2. The summed E-state index contributed by atoms with van der Waals surface area (Å²) in [6, 6.07) is 1.73. The Labute approximate surface area is 99.9 Å². The molecule has 6 heteroatoms. The van der Waals surface area contributed by atoms with Crippen molar-refractivity contribution in [3.63, 3.8) is 0 Å². The molecule has 2 heterocycles. The summed E-state index contributed by atoms with van der Waals surface area (Å²) in [6.45, 7) is 2.07. The lowest BCUT2D eigenvalue weighted by atomic mass is 10.3. The van der Waals surface area contributed by atoms with E-state index in [9.17, 15) is 4.79 Å². The molecule has 2 aromatic rings. The van der Waals surface area contributed by atoms with Crippen LogP contribution in [0.25, 0.3) is 10.2 Å². The maximum Gasteiger partial charge on any atom is 0.356 e. The molecule has 0 saturated carbocycles. The molecule has 3 nitrogen and oxygen atoms in total. The summed E-state index contributed by atoms with van der Waals surface area (Å²) in [5.41, 5.74) is 0.288. The average Bonchev–Trinajstić information content (AvgIpc) is 2.66. The predicted octanol–water partition coefficient (Wildman–Crippen LogP) is 3.71. The van der Waals surface area contributed by atoms with Crippen LogP contribution in [0.1, 0.15) is 17.4 Å². The van der Waals surface area contributed by atoms with Crippen molar-refractivity contribution in [2.45, 2.75) is 6.92 Å². The van der Waals surface area contributed by atoms with Gasteiger partial charge in [-0.1, -0.05) is 23.2 Å². The van der Waals surface area contributed by atoms with Gasteiger partial charge in [0.25, 0.3) is 0 Å². The van der Waals surface area contributed by atoms with Gasteiger partial charge in [-0.15, -0.1) is 11.3 Å². The van der Waals surface area contributed by atoms with E-state index in [-0.39, 0.29) is 5.69 Å². The number of nitrogens with one attached hydrogen (secondary N) is 1. The van der Waals surface area contributed by atoms with Crippen LogP contribution in [0.4, 0.5) is 0 Å². The van der Waals surface area contributed by atoms with Gasteiger partial charge in [0.2, 0.25) is 0 Å². The summed E-state index contributed by atoms with van der Waals surface area (Å²) in [5.74, 6) is -0.443. The lowest BCUT2D eigenvalue weighted by Gasteiger charge is -1.98. The van der Waals surface area contributed by atoms with Crippen LogP contribution in [-0.2, 0) is 4.74 Å². The van der Waals surface area contributed by atoms with Crippen molar-refractivity contribution in [2.24, 2.45) is 0 Å². The second-order valence-electron chi connectivity index (χ2n) is 2.83. The molecule has 0 aromatic carbocycles. The molecule has 0 fully saturated rings. The highest BCUT2D eigenvalue weighted by atomic mass is 35.5. The summed E-state index contributed by atoms with van der Waals surface area (Å²) < 4.78 is 5.49. The maximum absolute atomic E-state index is 11.5. The van der Waals surface area contributed by atoms with E-state index >= 15 is 0 Å². The van der Waals surface area contributed by atoms with Gasteiger partial charge in [-0.3, -0.25) is 0 Å². The first-order valence-electron chi connectivity index (χ1n) is 4.27. The number of carbonyl (C=O) groups is 1. The third-order valence-corrected chi connectivity index (χ3v) is 3.45. The third-order valence-electron chi connectivity index (χ3n) is 1.88. The first-order valence-corrected chi connectivity index (χ1v) is 5.84. The number of hydrogen-bond acceptors (Lipinski definition) is 3. The molecule has 0 atom stereocenters. The van der Waals surface area contributed by atoms with E-state index < -0.39 is 5.97 Å². The summed E-state index contributed by atoms with van der Waals surface area (Å²) in [7, 11) is 0. The van der Waals surface area contributed by atoms with Crippen LogP contribution in [0.15, 0.2) is 6.07 Å². The second-order valence-corrected chi connectivity index (χ2v) is 4.89. The van der Waals surface area contributed by atoms with E-state index in [1.54, 1.807) is 13.0 Å². The Bertz CT molecular complexity index is 517. The molecule has 0 aliphatic rings. The minimum absolute atomic E-state index is 0.288. The zero-order valence-corrected chi connectivity index (χ0v) is 10.1. The number of H-pyrrole nitrogens is 1. The fourth-order valence-electron chi connectivity index (χ4n) is 1.26. The minimum Gasteiger partial charge on any atom is -0.461 e. The maximum atomic E-state index is 11.5. The molecule has 0 bridgehead atoms. The highest BCUT2D eigenvalue weighted by molar-refractivity contribution is 7.22. The van der Waals surface area contributed by atoms with Crippen LogP contribution in [0.2, 0.25) is 9.36 Å². The van der Waals surface area contributed by atoms with Gasteiger partial charge >= 0.3 is 5.97 Å². The Morgan fingerprint density at radius 2 is 2.33 bits per heavy atom. The zero-order chi connectivity index (χ0) is 11.0. The number of fused-ring (bicyclic) bond motifs is 1. The molecule has 2 aromatic heterocycles. The van der Waals surface area contributed by atoms with Crippen LogP contribution < -0.4 is 0 Å². The first-order chi connectivity index (χ1) is 7.13. The number of rotatable bonds is 2. The topological polar surface area (TPSA) is 42.1 Å². The predicted molar refractivity (Wildman–Crippen MR) is 62.2 cm³/mol. The van der Waals surface area contributed by atoms with Gasteiger partial charge in [-0.05, 0) is 13.0 Å². The van der Waals surface area contributed by atoms with E-state index in [0.29, 0.717) is 16.0 Å². The largest absolute Gasteiger partial charge is 0.461 e. The summed E-state index contributed by atoms with van der Waals surface area (Å²) >= 11 is 13.2. The van der Waals surface area contributed by atoms with Crippen LogP contribution >= 0.6 is 34.5 Å². The number of hydrogen-bond donors (Lipinski definition) is 1. The zero-order valence-electron chi connectivity index (χ0n) is 7.77. The number of carbonyl (C=O) groups excluding carboxylic acids is 1. The first kappa shape index (κ1) is 10.8. The van der Waals surface area contributed by atoms with Crippen LogP contribution in [0.3, 0.4) is 0 Å². The Kier molecular flexibility index (Phi) is 2.91. The van der Waals surface area contributed by atoms with Gasteiger partial charge in [0.05, 0.1) is 16.0 Å². The van der Waals surface area contributed by atoms with Crippen molar-refractivity contribution in [1.29, 1.82) is 0 Å². The van der Waals surface area contributed by atoms with Crippen molar-refractivity contribution >= 4 is 50.7 Å². The molecule has 15 heavy (non-hydrogen) atoms. The third kappa shape index (κ3) is 1.85. The lowest BCUT2D eigenvalue weighted by Crippen LogP contribution is -2.05. The van der Waals surface area contributed by atoms with E-state index in [1.807, 2.05) is 0 Å². The van der Waals surface area contributed by atoms with Gasteiger partial charge in [0.15, 0.2) is 0 Å². The van der Waals surface area contributed by atoms with Gasteiger partial charge in [-0.25, -0.2) is 4.79 Å². The normalized spacial score (nSPS) is 10.9. The molecule has 0 aliphatic carbocycles. The van der Waals surface area contributed by atoms with Crippen molar-refractivity contribution in [1.82, 2.24) is 4.98 Å². The number of aromatic nitrogens is 1. The molecule has 0 spiro atoms. The average molecular weight is 264 g/mol. The Morgan fingerprint density at radius 3 is 2.93 bits per heavy atom. The smallest absolute Gasteiger partial charge is 0.356 e. The van der Waals surface area contributed by atoms with Gasteiger partial charge in [0, 0.05) is 5.39 Å². The molecule has 2 rings (SSSR count). The molecule has 0 saturated heterocycles. The van der Waals surface area contributed by atoms with Gasteiger partial charge < -0.3 is 9.72 Å². The molecule has 1 N–H and O–H groups in total. The molecular formula is C9H7Cl2NO2S. The van der Waals surface area contributed by atoms with Gasteiger partial charge in [-0.2, -0.15) is 0 Å². The Hall–Kier alpha value is -0.710. The fourth-order valence-corrected chi connectivity index (χ4v) is 2.73. The highest BCUT2D eigenvalue weighted by Crippen LogP contribution is 2.36. The van der Waals surface area contributed by atoms with Crippen molar-refractivity contribution in [3.8, 4) is 0 Å². The van der Waals surface area contributed by atoms with E-state index in [2.05, 4.69) is 4.98 Å². The van der Waals surface area contributed by atoms with Crippen molar-refractivity contribution in [2.75, 3.05) is 6.61 Å². The van der Waals surface area contributed by atoms with Gasteiger partial charge in [0.1, 0.15) is 10.5 Å². The second kappa shape index (κ2) is 4.04. The number of thiophene rings is 1. The SMILES string of the molecule is CCOC(=O)c1[nH]c2sc(Cl)cc2c1Cl. The Balaban J connectivity index is 2.49. The lowest BCUT2D eigenvalue weighted by molar-refractivity contribution is 0.0521. The minimum atomic E-state index is -0.443. The standard InChI is InChI=1S/C9H7Cl2NO2S/c1-2-14-9(13)7-6(11)4-3-5(10)15-8(4)12-7/h3,12H,2H2,1H3. The van der Waals surface area contributed by atoms with Crippen LogP contribution in [0, 0.1) is 0 Å². The molecular weight excluding hydrogens is 257 g/mol. The quantitative estimate of drug-likeness (QED) is 0.840. The van der Waals surface area contributed by atoms with Crippen LogP contribution in [-0.4, -0.2) is 17.6 Å². The van der Waals surface area contributed by atoms with E-state index in [0.717, 1.165) is 10.2 Å². The molecule has 0 aliphatic heterocycles. The van der Waals surface area contributed by atoms with E-state index in [4.69, 9.17) is 27.9 Å². The molecule has 0 amide bonds.